The minimum absolute atomic E-state index is 0.946. The molecule has 4 rings (SSSR count). The van der Waals surface area contributed by atoms with Crippen LogP contribution in [0, 0.1) is 6.92 Å². The van der Waals surface area contributed by atoms with Crippen molar-refractivity contribution in [2.24, 2.45) is 0 Å². The molecule has 0 spiro atoms. The fraction of sp³-hybridized carbons (Fsp3) is 0.316. The van der Waals surface area contributed by atoms with E-state index in [1.165, 1.54) is 16.0 Å². The lowest BCUT2D eigenvalue weighted by molar-refractivity contribution is 0.413. The molecule has 0 atom stereocenters. The summed E-state index contributed by atoms with van der Waals surface area (Å²) in [6.45, 7) is 6.06. The normalized spacial score (nSPS) is 15.1. The Morgan fingerprint density at radius 3 is 2.46 bits per heavy atom. The van der Waals surface area contributed by atoms with Crippen molar-refractivity contribution in [2.45, 2.75) is 6.92 Å². The third kappa shape index (κ3) is 2.69. The van der Waals surface area contributed by atoms with Crippen LogP contribution in [0.2, 0.25) is 0 Å². The Morgan fingerprint density at radius 1 is 0.958 bits per heavy atom. The molecule has 1 aromatic heterocycles. The Labute approximate surface area is 146 Å². The predicted molar refractivity (Wildman–Crippen MR) is 102 cm³/mol. The maximum atomic E-state index is 5.50. The van der Waals surface area contributed by atoms with Crippen molar-refractivity contribution in [1.82, 2.24) is 4.98 Å². The number of para-hydroxylation sites is 3. The first kappa shape index (κ1) is 15.3. The van der Waals surface area contributed by atoms with Crippen LogP contribution in [0.3, 0.4) is 0 Å². The summed E-state index contributed by atoms with van der Waals surface area (Å²) in [6.07, 6.45) is 0. The van der Waals surface area contributed by atoms with Crippen LogP contribution in [0.4, 0.5) is 10.8 Å². The highest BCUT2D eigenvalue weighted by Gasteiger charge is 2.21. The average Bonchev–Trinajstić information content (AvgIpc) is 3.07. The number of nitrogens with zero attached hydrogens (tertiary/aromatic N) is 3. The van der Waals surface area contributed by atoms with E-state index in [4.69, 9.17) is 9.72 Å². The molecule has 3 aromatic rings. The van der Waals surface area contributed by atoms with Crippen molar-refractivity contribution < 1.29 is 4.74 Å². The third-order valence-corrected chi connectivity index (χ3v) is 5.67. The van der Waals surface area contributed by atoms with Crippen LogP contribution in [0.25, 0.3) is 10.2 Å². The summed E-state index contributed by atoms with van der Waals surface area (Å²) in [5.41, 5.74) is 3.58. The van der Waals surface area contributed by atoms with Gasteiger partial charge in [-0.15, -0.1) is 0 Å². The number of hydrogen-bond donors (Lipinski definition) is 0. The van der Waals surface area contributed by atoms with E-state index in [1.54, 1.807) is 18.4 Å². The molecule has 4 nitrogen and oxygen atoms in total. The van der Waals surface area contributed by atoms with Crippen LogP contribution < -0.4 is 14.5 Å². The van der Waals surface area contributed by atoms with E-state index in [1.807, 2.05) is 12.1 Å². The van der Waals surface area contributed by atoms with Gasteiger partial charge >= 0.3 is 0 Å². The topological polar surface area (TPSA) is 28.6 Å². The molecule has 1 fully saturated rings. The SMILES string of the molecule is COc1ccccc1N1CCN(c2nc3c(C)cccc3s2)CC1. The van der Waals surface area contributed by atoms with Gasteiger partial charge in [0.15, 0.2) is 5.13 Å². The molecule has 0 saturated carbocycles. The zero-order valence-electron chi connectivity index (χ0n) is 14.0. The largest absolute Gasteiger partial charge is 0.495 e. The first-order chi connectivity index (χ1) is 11.8. The lowest BCUT2D eigenvalue weighted by Crippen LogP contribution is -2.46. The Morgan fingerprint density at radius 2 is 1.71 bits per heavy atom. The van der Waals surface area contributed by atoms with Gasteiger partial charge in [0.05, 0.1) is 23.0 Å². The number of piperazine rings is 1. The Bertz CT molecular complexity index is 853. The summed E-state index contributed by atoms with van der Waals surface area (Å²) in [6, 6.07) is 14.6. The van der Waals surface area contributed by atoms with Gasteiger partial charge in [0.25, 0.3) is 0 Å². The van der Waals surface area contributed by atoms with Crippen LogP contribution >= 0.6 is 11.3 Å². The van der Waals surface area contributed by atoms with E-state index in [9.17, 15) is 0 Å². The molecule has 0 N–H and O–H groups in total. The van der Waals surface area contributed by atoms with Crippen molar-refractivity contribution in [1.29, 1.82) is 0 Å². The van der Waals surface area contributed by atoms with E-state index in [2.05, 4.69) is 47.1 Å². The van der Waals surface area contributed by atoms with E-state index < -0.39 is 0 Å². The number of ether oxygens (including phenoxy) is 1. The molecular weight excluding hydrogens is 318 g/mol. The van der Waals surface area contributed by atoms with Crippen LogP contribution in [-0.2, 0) is 0 Å². The molecule has 1 aliphatic heterocycles. The maximum Gasteiger partial charge on any atom is 0.186 e. The first-order valence-electron chi connectivity index (χ1n) is 8.25. The highest BCUT2D eigenvalue weighted by Crippen LogP contribution is 2.33. The number of aryl methyl sites for hydroxylation is 1. The van der Waals surface area contributed by atoms with Crippen LogP contribution in [0.15, 0.2) is 42.5 Å². The summed E-state index contributed by atoms with van der Waals surface area (Å²) in [4.78, 5) is 9.66. The smallest absolute Gasteiger partial charge is 0.186 e. The van der Waals surface area contributed by atoms with Gasteiger partial charge in [-0.2, -0.15) is 0 Å². The Hall–Kier alpha value is -2.27. The fourth-order valence-corrected chi connectivity index (χ4v) is 4.33. The molecule has 124 valence electrons. The van der Waals surface area contributed by atoms with Crippen LogP contribution in [-0.4, -0.2) is 38.3 Å². The van der Waals surface area contributed by atoms with E-state index in [-0.39, 0.29) is 0 Å². The lowest BCUT2D eigenvalue weighted by atomic mass is 10.2. The van der Waals surface area contributed by atoms with Crippen LogP contribution in [0.1, 0.15) is 5.56 Å². The number of aromatic nitrogens is 1. The second-order valence-corrected chi connectivity index (χ2v) is 7.07. The Kier molecular flexibility index (Phi) is 4.02. The number of benzene rings is 2. The number of fused-ring (bicyclic) bond motifs is 1. The molecular formula is C19H21N3OS. The van der Waals surface area contributed by atoms with Gasteiger partial charge in [0.1, 0.15) is 5.75 Å². The number of anilines is 2. The van der Waals surface area contributed by atoms with Gasteiger partial charge in [-0.05, 0) is 30.7 Å². The minimum Gasteiger partial charge on any atom is -0.495 e. The van der Waals surface area contributed by atoms with E-state index >= 15 is 0 Å². The van der Waals surface area contributed by atoms with Crippen LogP contribution in [0.5, 0.6) is 5.75 Å². The summed E-state index contributed by atoms with van der Waals surface area (Å²) in [5, 5.41) is 1.14. The highest BCUT2D eigenvalue weighted by molar-refractivity contribution is 7.22. The summed E-state index contributed by atoms with van der Waals surface area (Å²) < 4.78 is 6.77. The average molecular weight is 339 g/mol. The molecule has 0 unspecified atom stereocenters. The molecule has 0 radical (unpaired) electrons. The monoisotopic (exact) mass is 339 g/mol. The van der Waals surface area contributed by atoms with Crippen molar-refractivity contribution in [3.05, 3.63) is 48.0 Å². The van der Waals surface area contributed by atoms with Gasteiger partial charge in [0.2, 0.25) is 0 Å². The third-order valence-electron chi connectivity index (χ3n) is 4.59. The van der Waals surface area contributed by atoms with Gasteiger partial charge < -0.3 is 14.5 Å². The maximum absolute atomic E-state index is 5.50. The zero-order valence-corrected chi connectivity index (χ0v) is 14.8. The highest BCUT2D eigenvalue weighted by atomic mass is 32.1. The standard InChI is InChI=1S/C19H21N3OS/c1-14-6-5-9-17-18(14)20-19(24-17)22-12-10-21(11-13-22)15-7-3-4-8-16(15)23-2/h3-9H,10-13H2,1-2H3. The van der Waals surface area contributed by atoms with E-state index in [0.717, 1.165) is 42.6 Å². The van der Waals surface area contributed by atoms with Crippen molar-refractivity contribution >= 4 is 32.4 Å². The molecule has 2 aromatic carbocycles. The number of thiazole rings is 1. The molecule has 0 amide bonds. The van der Waals surface area contributed by atoms with Gasteiger partial charge in [-0.1, -0.05) is 35.6 Å². The molecule has 5 heteroatoms. The van der Waals surface area contributed by atoms with E-state index in [0.29, 0.717) is 0 Å². The fourth-order valence-electron chi connectivity index (χ4n) is 3.24. The molecule has 1 saturated heterocycles. The molecule has 2 heterocycles. The minimum atomic E-state index is 0.946. The first-order valence-corrected chi connectivity index (χ1v) is 9.07. The van der Waals surface area contributed by atoms with Gasteiger partial charge in [0, 0.05) is 26.2 Å². The van der Waals surface area contributed by atoms with Crippen molar-refractivity contribution in [2.75, 3.05) is 43.1 Å². The second-order valence-electron chi connectivity index (χ2n) is 6.06. The number of rotatable bonds is 3. The molecule has 0 aliphatic carbocycles. The molecule has 24 heavy (non-hydrogen) atoms. The summed E-state index contributed by atoms with van der Waals surface area (Å²) in [7, 11) is 1.73. The second kappa shape index (κ2) is 6.32. The Balaban J connectivity index is 1.52. The quantitative estimate of drug-likeness (QED) is 0.723. The molecule has 0 bridgehead atoms. The van der Waals surface area contributed by atoms with Crippen molar-refractivity contribution in [3.8, 4) is 5.75 Å². The van der Waals surface area contributed by atoms with Gasteiger partial charge in [-0.25, -0.2) is 4.98 Å². The lowest BCUT2D eigenvalue weighted by Gasteiger charge is -2.36. The zero-order chi connectivity index (χ0) is 16.5. The van der Waals surface area contributed by atoms with Crippen molar-refractivity contribution in [3.63, 3.8) is 0 Å². The predicted octanol–water partition coefficient (Wildman–Crippen LogP) is 3.94. The van der Waals surface area contributed by atoms with Gasteiger partial charge in [-0.3, -0.25) is 0 Å². The number of methoxy groups -OCH3 is 1. The number of hydrogen-bond acceptors (Lipinski definition) is 5. The summed E-state index contributed by atoms with van der Waals surface area (Å²) >= 11 is 1.79. The summed E-state index contributed by atoms with van der Waals surface area (Å²) in [5.74, 6) is 0.946. The molecule has 1 aliphatic rings.